The van der Waals surface area contributed by atoms with Gasteiger partial charge < -0.3 is 14.2 Å². The zero-order valence-electron chi connectivity index (χ0n) is 13.9. The van der Waals surface area contributed by atoms with Gasteiger partial charge >= 0.3 is 12.6 Å². The van der Waals surface area contributed by atoms with Crippen LogP contribution in [0.15, 0.2) is 48.5 Å². The zero-order chi connectivity index (χ0) is 18.2. The lowest BCUT2D eigenvalue weighted by atomic mass is 10.1. The molecule has 132 valence electrons. The van der Waals surface area contributed by atoms with Crippen LogP contribution in [0.4, 0.5) is 8.78 Å². The zero-order valence-corrected chi connectivity index (χ0v) is 13.9. The van der Waals surface area contributed by atoms with Gasteiger partial charge in [-0.15, -0.1) is 0 Å². The molecule has 0 N–H and O–H groups in total. The van der Waals surface area contributed by atoms with Crippen molar-refractivity contribution in [2.24, 2.45) is 0 Å². The van der Waals surface area contributed by atoms with Gasteiger partial charge in [0.15, 0.2) is 11.5 Å². The molecular weight excluding hydrogens is 330 g/mol. The van der Waals surface area contributed by atoms with Gasteiger partial charge in [0, 0.05) is 6.08 Å². The van der Waals surface area contributed by atoms with E-state index in [1.54, 1.807) is 0 Å². The molecule has 0 fully saturated rings. The van der Waals surface area contributed by atoms with E-state index in [9.17, 15) is 13.6 Å². The van der Waals surface area contributed by atoms with Gasteiger partial charge in [0.25, 0.3) is 0 Å². The molecule has 0 bridgehead atoms. The van der Waals surface area contributed by atoms with Crippen molar-refractivity contribution in [3.63, 3.8) is 0 Å². The Morgan fingerprint density at radius 2 is 1.92 bits per heavy atom. The van der Waals surface area contributed by atoms with Crippen LogP contribution in [0.5, 0.6) is 11.5 Å². The minimum Gasteiger partial charge on any atom is -0.493 e. The number of rotatable bonds is 7. The molecule has 25 heavy (non-hydrogen) atoms. The lowest BCUT2D eigenvalue weighted by Gasteiger charge is -2.10. The molecule has 0 aliphatic rings. The van der Waals surface area contributed by atoms with Crippen molar-refractivity contribution < 1.29 is 27.8 Å². The highest BCUT2D eigenvalue weighted by Gasteiger charge is 2.10. The summed E-state index contributed by atoms with van der Waals surface area (Å²) in [6.45, 7) is -0.819. The number of halogens is 2. The summed E-state index contributed by atoms with van der Waals surface area (Å²) in [5.74, 6) is -0.428. The van der Waals surface area contributed by atoms with Crippen molar-refractivity contribution in [2.75, 3.05) is 7.11 Å². The Balaban J connectivity index is 1.98. The van der Waals surface area contributed by atoms with E-state index >= 15 is 0 Å². The van der Waals surface area contributed by atoms with E-state index in [4.69, 9.17) is 9.47 Å². The Labute approximate surface area is 144 Å². The van der Waals surface area contributed by atoms with E-state index in [2.05, 4.69) is 4.74 Å². The number of hydrogen-bond donors (Lipinski definition) is 0. The highest BCUT2D eigenvalue weighted by Crippen LogP contribution is 2.29. The van der Waals surface area contributed by atoms with Crippen LogP contribution in [0.25, 0.3) is 6.08 Å². The summed E-state index contributed by atoms with van der Waals surface area (Å²) in [7, 11) is 1.34. The first-order valence-electron chi connectivity index (χ1n) is 7.52. The molecule has 2 rings (SSSR count). The SMILES string of the molecule is COc1cc(C=CC(=O)OCc2ccccc2C)ccc1OC(F)F. The van der Waals surface area contributed by atoms with Crippen LogP contribution in [-0.2, 0) is 16.1 Å². The first-order chi connectivity index (χ1) is 12.0. The summed E-state index contributed by atoms with van der Waals surface area (Å²) in [4.78, 5) is 11.8. The Morgan fingerprint density at radius 3 is 2.60 bits per heavy atom. The second-order valence-corrected chi connectivity index (χ2v) is 5.16. The molecule has 0 radical (unpaired) electrons. The first kappa shape index (κ1) is 18.4. The Bertz CT molecular complexity index is 757. The highest BCUT2D eigenvalue weighted by atomic mass is 19.3. The van der Waals surface area contributed by atoms with E-state index in [0.29, 0.717) is 5.56 Å². The molecule has 0 unspecified atom stereocenters. The van der Waals surface area contributed by atoms with Gasteiger partial charge in [0.1, 0.15) is 6.61 Å². The minimum atomic E-state index is -2.94. The lowest BCUT2D eigenvalue weighted by Crippen LogP contribution is -2.03. The van der Waals surface area contributed by atoms with Gasteiger partial charge in [-0.05, 0) is 41.8 Å². The third kappa shape index (κ3) is 5.60. The quantitative estimate of drug-likeness (QED) is 0.551. The van der Waals surface area contributed by atoms with Crippen molar-refractivity contribution >= 4 is 12.0 Å². The predicted octanol–water partition coefficient (Wildman–Crippen LogP) is 4.36. The number of aryl methyl sites for hydroxylation is 1. The Hall–Kier alpha value is -2.89. The molecule has 2 aromatic rings. The molecule has 0 heterocycles. The number of ether oxygens (including phenoxy) is 3. The Kier molecular flexibility index (Phi) is 6.51. The number of hydrogen-bond acceptors (Lipinski definition) is 4. The topological polar surface area (TPSA) is 44.8 Å². The summed E-state index contributed by atoms with van der Waals surface area (Å²) in [5.41, 5.74) is 2.56. The van der Waals surface area contributed by atoms with Gasteiger partial charge in [-0.3, -0.25) is 0 Å². The molecular formula is C19H18F2O4. The number of benzene rings is 2. The van der Waals surface area contributed by atoms with Gasteiger partial charge in [0.2, 0.25) is 0 Å². The maximum absolute atomic E-state index is 12.3. The van der Waals surface area contributed by atoms with Gasteiger partial charge in [-0.25, -0.2) is 4.79 Å². The van der Waals surface area contributed by atoms with Crippen LogP contribution in [0, 0.1) is 6.92 Å². The summed E-state index contributed by atoms with van der Waals surface area (Å²) < 4.78 is 39.1. The van der Waals surface area contributed by atoms with E-state index < -0.39 is 12.6 Å². The number of carbonyl (C=O) groups excluding carboxylic acids is 1. The van der Waals surface area contributed by atoms with E-state index in [0.717, 1.165) is 11.1 Å². The normalized spacial score (nSPS) is 10.9. The second-order valence-electron chi connectivity index (χ2n) is 5.16. The first-order valence-corrected chi connectivity index (χ1v) is 7.52. The Morgan fingerprint density at radius 1 is 1.16 bits per heavy atom. The average molecular weight is 348 g/mol. The smallest absolute Gasteiger partial charge is 0.387 e. The van der Waals surface area contributed by atoms with Crippen LogP contribution in [-0.4, -0.2) is 19.7 Å². The molecule has 4 nitrogen and oxygen atoms in total. The number of methoxy groups -OCH3 is 1. The molecule has 6 heteroatoms. The maximum Gasteiger partial charge on any atom is 0.387 e. The van der Waals surface area contributed by atoms with Gasteiger partial charge in [0.05, 0.1) is 7.11 Å². The molecule has 0 aliphatic heterocycles. The van der Waals surface area contributed by atoms with Crippen LogP contribution in [0.1, 0.15) is 16.7 Å². The van der Waals surface area contributed by atoms with Crippen molar-refractivity contribution in [2.45, 2.75) is 20.1 Å². The average Bonchev–Trinajstić information content (AvgIpc) is 2.59. The molecule has 0 spiro atoms. The fourth-order valence-electron chi connectivity index (χ4n) is 2.11. The number of carbonyl (C=O) groups is 1. The molecule has 0 aliphatic carbocycles. The van der Waals surface area contributed by atoms with E-state index in [-0.39, 0.29) is 18.1 Å². The van der Waals surface area contributed by atoms with Crippen molar-refractivity contribution in [3.8, 4) is 11.5 Å². The minimum absolute atomic E-state index is 0.0724. The van der Waals surface area contributed by atoms with Gasteiger partial charge in [-0.1, -0.05) is 30.3 Å². The van der Waals surface area contributed by atoms with E-state index in [1.165, 1.54) is 37.5 Å². The largest absolute Gasteiger partial charge is 0.493 e. The fourth-order valence-corrected chi connectivity index (χ4v) is 2.11. The maximum atomic E-state index is 12.3. The second kappa shape index (κ2) is 8.82. The number of esters is 1. The predicted molar refractivity (Wildman–Crippen MR) is 89.6 cm³/mol. The molecule has 0 saturated carbocycles. The van der Waals surface area contributed by atoms with Gasteiger partial charge in [-0.2, -0.15) is 8.78 Å². The fraction of sp³-hybridized carbons (Fsp3) is 0.211. The van der Waals surface area contributed by atoms with Crippen LogP contribution in [0.2, 0.25) is 0 Å². The number of alkyl halides is 2. The summed E-state index contributed by atoms with van der Waals surface area (Å²) in [6, 6.07) is 12.0. The highest BCUT2D eigenvalue weighted by molar-refractivity contribution is 5.87. The molecule has 0 aromatic heterocycles. The summed E-state index contributed by atoms with van der Waals surface area (Å²) in [5, 5.41) is 0. The summed E-state index contributed by atoms with van der Waals surface area (Å²) >= 11 is 0. The third-order valence-electron chi connectivity index (χ3n) is 3.45. The lowest BCUT2D eigenvalue weighted by molar-refractivity contribution is -0.138. The monoisotopic (exact) mass is 348 g/mol. The molecule has 0 saturated heterocycles. The van der Waals surface area contributed by atoms with Crippen LogP contribution < -0.4 is 9.47 Å². The van der Waals surface area contributed by atoms with Crippen molar-refractivity contribution in [3.05, 3.63) is 65.2 Å². The van der Waals surface area contributed by atoms with Crippen LogP contribution >= 0.6 is 0 Å². The van der Waals surface area contributed by atoms with E-state index in [1.807, 2.05) is 31.2 Å². The molecule has 0 atom stereocenters. The van der Waals surface area contributed by atoms with Crippen molar-refractivity contribution in [1.29, 1.82) is 0 Å². The standard InChI is InChI=1S/C19H18F2O4/c1-13-5-3-4-6-15(13)12-24-18(22)10-8-14-7-9-16(25-19(20)21)17(11-14)23-2/h3-11,19H,12H2,1-2H3. The van der Waals surface area contributed by atoms with Crippen LogP contribution in [0.3, 0.4) is 0 Å². The summed E-state index contributed by atoms with van der Waals surface area (Å²) in [6.07, 6.45) is 2.77. The molecule has 2 aromatic carbocycles. The molecule has 0 amide bonds. The third-order valence-corrected chi connectivity index (χ3v) is 3.45. The van der Waals surface area contributed by atoms with Crippen molar-refractivity contribution in [1.82, 2.24) is 0 Å².